The first-order chi connectivity index (χ1) is 5.24. The van der Waals surface area contributed by atoms with Crippen molar-refractivity contribution in [2.45, 2.75) is 5.16 Å². The zero-order chi connectivity index (χ0) is 8.27. The molecule has 0 bridgehead atoms. The summed E-state index contributed by atoms with van der Waals surface area (Å²) in [7, 11) is 0.412. The van der Waals surface area contributed by atoms with E-state index in [-0.39, 0.29) is 0 Å². The minimum Gasteiger partial charge on any atom is -0.494 e. The maximum absolute atomic E-state index is 10.8. The van der Waals surface area contributed by atoms with Gasteiger partial charge in [-0.1, -0.05) is 0 Å². The van der Waals surface area contributed by atoms with Crippen LogP contribution < -0.4 is 4.74 Å². The average molecular weight is 172 g/mol. The highest BCUT2D eigenvalue weighted by Gasteiger charge is 1.99. The molecule has 0 unspecified atom stereocenters. The Morgan fingerprint density at radius 3 is 2.36 bits per heavy atom. The summed E-state index contributed by atoms with van der Waals surface area (Å²) < 4.78 is 15.6. The van der Waals surface area contributed by atoms with Crippen molar-refractivity contribution in [2.75, 3.05) is 13.4 Å². The molecule has 1 aromatic rings. The molecule has 1 aromatic heterocycles. The summed E-state index contributed by atoms with van der Waals surface area (Å²) in [4.78, 5) is 7.63. The van der Waals surface area contributed by atoms with Crippen LogP contribution in [0, 0.1) is 0 Å². The van der Waals surface area contributed by atoms with Crippen LogP contribution in [0.1, 0.15) is 0 Å². The van der Waals surface area contributed by atoms with Crippen LogP contribution in [0.15, 0.2) is 17.6 Å². The Labute approximate surface area is 67.1 Å². The highest BCUT2D eigenvalue weighted by atomic mass is 32.2. The van der Waals surface area contributed by atoms with Crippen molar-refractivity contribution in [1.82, 2.24) is 9.97 Å². The Morgan fingerprint density at radius 2 is 2.00 bits per heavy atom. The van der Waals surface area contributed by atoms with Gasteiger partial charge in [-0.2, -0.15) is 0 Å². The second-order valence-corrected chi connectivity index (χ2v) is 3.13. The molecule has 0 aliphatic carbocycles. The number of hydrogen-bond acceptors (Lipinski definition) is 4. The second kappa shape index (κ2) is 3.43. The quantitative estimate of drug-likeness (QED) is 0.599. The van der Waals surface area contributed by atoms with Gasteiger partial charge in [0, 0.05) is 6.26 Å². The van der Waals surface area contributed by atoms with Gasteiger partial charge in [0.05, 0.1) is 30.3 Å². The first-order valence-corrected chi connectivity index (χ1v) is 4.49. The lowest BCUT2D eigenvalue weighted by atomic mass is 10.6. The van der Waals surface area contributed by atoms with E-state index in [1.807, 2.05) is 0 Å². The summed E-state index contributed by atoms with van der Waals surface area (Å²) in [6.45, 7) is 0. The molecule has 0 aliphatic rings. The van der Waals surface area contributed by atoms with Crippen LogP contribution in [0.5, 0.6) is 5.75 Å². The van der Waals surface area contributed by atoms with Crippen LogP contribution >= 0.6 is 0 Å². The molecule has 60 valence electrons. The Kier molecular flexibility index (Phi) is 2.53. The summed E-state index contributed by atoms with van der Waals surface area (Å²) in [6, 6.07) is 0. The van der Waals surface area contributed by atoms with Crippen LogP contribution in [0.3, 0.4) is 0 Å². The van der Waals surface area contributed by atoms with Crippen molar-refractivity contribution in [1.29, 1.82) is 0 Å². The molecule has 1 rings (SSSR count). The number of aromatic nitrogens is 2. The molecule has 11 heavy (non-hydrogen) atoms. The predicted molar refractivity (Wildman–Crippen MR) is 40.9 cm³/mol. The molecule has 1 atom stereocenters. The Hall–Kier alpha value is -0.970. The molecule has 0 spiro atoms. The lowest BCUT2D eigenvalue weighted by Gasteiger charge is -1.97. The molecule has 0 saturated carbocycles. The molecule has 5 heteroatoms. The number of nitrogens with zero attached hydrogens (tertiary/aromatic N) is 2. The van der Waals surface area contributed by atoms with E-state index in [0.717, 1.165) is 0 Å². The third kappa shape index (κ3) is 1.98. The van der Waals surface area contributed by atoms with E-state index >= 15 is 0 Å². The van der Waals surface area contributed by atoms with Gasteiger partial charge in [0.25, 0.3) is 0 Å². The fourth-order valence-corrected chi connectivity index (χ4v) is 0.960. The Bertz CT molecular complexity index is 260. The van der Waals surface area contributed by atoms with Crippen LogP contribution in [0.2, 0.25) is 0 Å². The van der Waals surface area contributed by atoms with Gasteiger partial charge in [-0.05, 0) is 0 Å². The smallest absolute Gasteiger partial charge is 0.218 e. The molecular weight excluding hydrogens is 164 g/mol. The first-order valence-electron chi connectivity index (χ1n) is 2.93. The van der Waals surface area contributed by atoms with Crippen molar-refractivity contribution in [3.63, 3.8) is 0 Å². The second-order valence-electron chi connectivity index (χ2n) is 1.86. The maximum atomic E-state index is 10.8. The van der Waals surface area contributed by atoms with Gasteiger partial charge >= 0.3 is 0 Å². The normalized spacial score (nSPS) is 12.5. The van der Waals surface area contributed by atoms with E-state index in [1.54, 1.807) is 0 Å². The van der Waals surface area contributed by atoms with Gasteiger partial charge < -0.3 is 4.74 Å². The van der Waals surface area contributed by atoms with E-state index in [4.69, 9.17) is 4.74 Å². The predicted octanol–water partition coefficient (Wildman–Crippen LogP) is 0.223. The molecule has 0 N–H and O–H groups in total. The highest BCUT2D eigenvalue weighted by Crippen LogP contribution is 2.05. The van der Waals surface area contributed by atoms with Crippen molar-refractivity contribution in [3.05, 3.63) is 12.4 Å². The molecule has 0 aliphatic heterocycles. The Morgan fingerprint density at radius 1 is 1.45 bits per heavy atom. The molecule has 0 aromatic carbocycles. The van der Waals surface area contributed by atoms with Crippen LogP contribution in [0.4, 0.5) is 0 Å². The van der Waals surface area contributed by atoms with Crippen molar-refractivity contribution >= 4 is 10.8 Å². The van der Waals surface area contributed by atoms with Crippen molar-refractivity contribution in [3.8, 4) is 5.75 Å². The summed E-state index contributed by atoms with van der Waals surface area (Å²) in [5.41, 5.74) is 0. The van der Waals surface area contributed by atoms with E-state index < -0.39 is 10.8 Å². The third-order valence-corrected chi connectivity index (χ3v) is 1.82. The van der Waals surface area contributed by atoms with E-state index in [9.17, 15) is 4.21 Å². The maximum Gasteiger partial charge on any atom is 0.218 e. The van der Waals surface area contributed by atoms with Crippen LogP contribution in [0.25, 0.3) is 0 Å². The molecule has 0 radical (unpaired) electrons. The lowest BCUT2D eigenvalue weighted by Crippen LogP contribution is -1.96. The Balaban J connectivity index is 2.91. The first kappa shape index (κ1) is 8.13. The summed E-state index contributed by atoms with van der Waals surface area (Å²) in [5.74, 6) is 0.569. The van der Waals surface area contributed by atoms with E-state index in [1.165, 1.54) is 25.8 Å². The number of hydrogen-bond donors (Lipinski definition) is 0. The summed E-state index contributed by atoms with van der Waals surface area (Å²) in [6.07, 6.45) is 4.51. The molecular formula is C6H8N2O2S. The van der Waals surface area contributed by atoms with Gasteiger partial charge in [0.1, 0.15) is 0 Å². The third-order valence-electron chi connectivity index (χ3n) is 1.10. The minimum atomic E-state index is -1.12. The van der Waals surface area contributed by atoms with E-state index in [0.29, 0.717) is 10.9 Å². The highest BCUT2D eigenvalue weighted by molar-refractivity contribution is 7.84. The molecule has 4 nitrogen and oxygen atoms in total. The largest absolute Gasteiger partial charge is 0.494 e. The van der Waals surface area contributed by atoms with Gasteiger partial charge in [0.2, 0.25) is 5.16 Å². The summed E-state index contributed by atoms with van der Waals surface area (Å²) in [5, 5.41) is 0.325. The van der Waals surface area contributed by atoms with Crippen molar-refractivity contribution < 1.29 is 8.95 Å². The average Bonchev–Trinajstić information content (AvgIpc) is 2.05. The molecule has 1 heterocycles. The van der Waals surface area contributed by atoms with Crippen LogP contribution in [-0.4, -0.2) is 27.5 Å². The monoisotopic (exact) mass is 172 g/mol. The van der Waals surface area contributed by atoms with Gasteiger partial charge in [-0.25, -0.2) is 9.97 Å². The standard InChI is InChI=1S/C6H8N2O2S/c1-10-5-3-7-6(8-4-5)11(2)9/h3-4H,1-2H3/t11-/m0/s1. The number of ether oxygens (including phenoxy) is 1. The topological polar surface area (TPSA) is 52.1 Å². The molecule has 0 fully saturated rings. The fourth-order valence-electron chi connectivity index (χ4n) is 0.558. The number of methoxy groups -OCH3 is 1. The van der Waals surface area contributed by atoms with E-state index in [2.05, 4.69) is 9.97 Å². The van der Waals surface area contributed by atoms with Gasteiger partial charge in [0.15, 0.2) is 5.75 Å². The fraction of sp³-hybridized carbons (Fsp3) is 0.333. The zero-order valence-corrected chi connectivity index (χ0v) is 7.09. The zero-order valence-electron chi connectivity index (χ0n) is 6.27. The van der Waals surface area contributed by atoms with Crippen molar-refractivity contribution in [2.24, 2.45) is 0 Å². The lowest BCUT2D eigenvalue weighted by molar-refractivity contribution is 0.409. The van der Waals surface area contributed by atoms with Gasteiger partial charge in [-0.15, -0.1) is 0 Å². The van der Waals surface area contributed by atoms with Gasteiger partial charge in [-0.3, -0.25) is 4.21 Å². The summed E-state index contributed by atoms with van der Waals surface area (Å²) >= 11 is 0. The minimum absolute atomic E-state index is 0.325. The SMILES string of the molecule is COc1cnc([S@](C)=O)nc1. The number of rotatable bonds is 2. The molecule has 0 saturated heterocycles. The molecule has 0 amide bonds. The van der Waals surface area contributed by atoms with Crippen LogP contribution in [-0.2, 0) is 10.8 Å².